The number of rotatable bonds is 7. The van der Waals surface area contributed by atoms with Crippen molar-refractivity contribution in [2.75, 3.05) is 6.54 Å². The maximum Gasteiger partial charge on any atom is 0.0470 e. The lowest BCUT2D eigenvalue weighted by Crippen LogP contribution is -2.18. The zero-order valence-corrected chi connectivity index (χ0v) is 12.9. The molecule has 1 aromatic heterocycles. The zero-order chi connectivity index (χ0) is 14.4. The first-order valence-electron chi connectivity index (χ1n) is 7.60. The normalized spacial score (nSPS) is 11.2. The lowest BCUT2D eigenvalue weighted by molar-refractivity contribution is 0.552. The number of aromatic nitrogens is 1. The van der Waals surface area contributed by atoms with Crippen LogP contribution in [-0.4, -0.2) is 11.1 Å². The Balaban J connectivity index is 1.88. The molecule has 0 amide bonds. The molecule has 1 heterocycles. The summed E-state index contributed by atoms with van der Waals surface area (Å²) in [5, 5.41) is 3.48. The van der Waals surface area contributed by atoms with Gasteiger partial charge in [0.25, 0.3) is 0 Å². The van der Waals surface area contributed by atoms with Gasteiger partial charge in [0.1, 0.15) is 0 Å². The molecule has 1 N–H and O–H groups in total. The van der Waals surface area contributed by atoms with Crippen LogP contribution in [0.2, 0.25) is 0 Å². The molecule has 108 valence electrons. The van der Waals surface area contributed by atoms with E-state index in [0.717, 1.165) is 26.1 Å². The van der Waals surface area contributed by atoms with Crippen LogP contribution in [0, 0.1) is 5.92 Å². The van der Waals surface area contributed by atoms with Crippen molar-refractivity contribution in [3.63, 3.8) is 0 Å². The van der Waals surface area contributed by atoms with Crippen molar-refractivity contribution in [3.05, 3.63) is 59.4 Å². The second-order valence-electron chi connectivity index (χ2n) is 5.89. The molecule has 0 aliphatic rings. The second kappa shape index (κ2) is 7.30. The quantitative estimate of drug-likeness (QED) is 0.809. The number of benzene rings is 1. The van der Waals surface area contributed by atoms with Crippen molar-refractivity contribution in [2.24, 2.45) is 5.92 Å². The van der Waals surface area contributed by atoms with E-state index in [2.05, 4.69) is 73.4 Å². The van der Waals surface area contributed by atoms with Crippen molar-refractivity contribution in [3.8, 4) is 0 Å². The summed E-state index contributed by atoms with van der Waals surface area (Å²) in [7, 11) is 0. The first-order valence-corrected chi connectivity index (χ1v) is 7.60. The maximum absolute atomic E-state index is 3.48. The summed E-state index contributed by atoms with van der Waals surface area (Å²) >= 11 is 0. The van der Waals surface area contributed by atoms with Crippen LogP contribution in [0.5, 0.6) is 0 Å². The maximum atomic E-state index is 3.48. The predicted molar refractivity (Wildman–Crippen MR) is 85.9 cm³/mol. The molecule has 0 unspecified atom stereocenters. The Morgan fingerprint density at radius 1 is 1.00 bits per heavy atom. The third-order valence-electron chi connectivity index (χ3n) is 3.49. The smallest absolute Gasteiger partial charge is 0.0470 e. The van der Waals surface area contributed by atoms with Gasteiger partial charge in [-0.25, -0.2) is 0 Å². The lowest BCUT2D eigenvalue weighted by atomic mass is 10.1. The Labute approximate surface area is 122 Å². The number of hydrogen-bond acceptors (Lipinski definition) is 1. The monoisotopic (exact) mass is 270 g/mol. The molecular formula is C18H26N2. The van der Waals surface area contributed by atoms with Crippen LogP contribution < -0.4 is 5.32 Å². The molecule has 0 radical (unpaired) electrons. The highest BCUT2D eigenvalue weighted by Crippen LogP contribution is 2.09. The summed E-state index contributed by atoms with van der Waals surface area (Å²) in [6.07, 6.45) is 5.51. The number of aryl methyl sites for hydroxylation is 1. The van der Waals surface area contributed by atoms with E-state index in [9.17, 15) is 0 Å². The largest absolute Gasteiger partial charge is 0.350 e. The van der Waals surface area contributed by atoms with E-state index in [1.807, 2.05) is 0 Å². The minimum atomic E-state index is 0.703. The van der Waals surface area contributed by atoms with Gasteiger partial charge in [-0.05, 0) is 41.6 Å². The minimum absolute atomic E-state index is 0.703. The molecular weight excluding hydrogens is 244 g/mol. The topological polar surface area (TPSA) is 17.0 Å². The highest BCUT2D eigenvalue weighted by Gasteiger charge is 2.00. The third kappa shape index (κ3) is 4.53. The molecule has 0 aliphatic heterocycles. The number of nitrogens with zero attached hydrogens (tertiary/aromatic N) is 1. The Kier molecular flexibility index (Phi) is 5.42. The molecule has 0 bridgehead atoms. The van der Waals surface area contributed by atoms with Crippen LogP contribution in [-0.2, 0) is 19.5 Å². The highest BCUT2D eigenvalue weighted by atomic mass is 14.9. The molecule has 2 nitrogen and oxygen atoms in total. The predicted octanol–water partition coefficient (Wildman–Crippen LogP) is 3.84. The fraction of sp³-hybridized carbons (Fsp3) is 0.444. The Hall–Kier alpha value is -1.54. The first kappa shape index (κ1) is 14.9. The number of hydrogen-bond donors (Lipinski definition) is 1. The molecule has 2 rings (SSSR count). The van der Waals surface area contributed by atoms with E-state index in [1.165, 1.54) is 16.7 Å². The van der Waals surface area contributed by atoms with Gasteiger partial charge in [0.05, 0.1) is 0 Å². The average molecular weight is 270 g/mol. The van der Waals surface area contributed by atoms with Crippen molar-refractivity contribution in [2.45, 2.75) is 40.3 Å². The molecule has 0 saturated heterocycles. The van der Waals surface area contributed by atoms with Gasteiger partial charge in [-0.15, -0.1) is 0 Å². The summed E-state index contributed by atoms with van der Waals surface area (Å²) in [6.45, 7) is 9.64. The van der Waals surface area contributed by atoms with E-state index in [4.69, 9.17) is 0 Å². The zero-order valence-electron chi connectivity index (χ0n) is 12.9. The lowest BCUT2D eigenvalue weighted by Gasteiger charge is -2.06. The van der Waals surface area contributed by atoms with Gasteiger partial charge < -0.3 is 9.88 Å². The van der Waals surface area contributed by atoms with E-state index in [1.54, 1.807) is 0 Å². The van der Waals surface area contributed by atoms with Crippen molar-refractivity contribution >= 4 is 0 Å². The van der Waals surface area contributed by atoms with E-state index in [0.29, 0.717) is 5.92 Å². The van der Waals surface area contributed by atoms with Gasteiger partial charge >= 0.3 is 0 Å². The SMILES string of the molecule is CCc1ccc(Cn2ccc(CNCC(C)C)c2)cc1. The van der Waals surface area contributed by atoms with E-state index < -0.39 is 0 Å². The summed E-state index contributed by atoms with van der Waals surface area (Å²) in [5.74, 6) is 0.703. The number of nitrogens with one attached hydrogen (secondary N) is 1. The van der Waals surface area contributed by atoms with Gasteiger partial charge in [-0.3, -0.25) is 0 Å². The van der Waals surface area contributed by atoms with E-state index >= 15 is 0 Å². The molecule has 0 saturated carbocycles. The van der Waals surface area contributed by atoms with Crippen LogP contribution in [0.3, 0.4) is 0 Å². The minimum Gasteiger partial charge on any atom is -0.350 e. The summed E-state index contributed by atoms with van der Waals surface area (Å²) in [4.78, 5) is 0. The average Bonchev–Trinajstić information content (AvgIpc) is 2.87. The Morgan fingerprint density at radius 3 is 2.35 bits per heavy atom. The Bertz CT molecular complexity index is 508. The highest BCUT2D eigenvalue weighted by molar-refractivity contribution is 5.23. The van der Waals surface area contributed by atoms with Crippen LogP contribution in [0.4, 0.5) is 0 Å². The van der Waals surface area contributed by atoms with Crippen molar-refractivity contribution in [1.29, 1.82) is 0 Å². The summed E-state index contributed by atoms with van der Waals surface area (Å²) < 4.78 is 2.26. The molecule has 20 heavy (non-hydrogen) atoms. The van der Waals surface area contributed by atoms with Crippen molar-refractivity contribution < 1.29 is 0 Å². The molecule has 0 atom stereocenters. The van der Waals surface area contributed by atoms with Crippen LogP contribution in [0.1, 0.15) is 37.5 Å². The Morgan fingerprint density at radius 2 is 1.70 bits per heavy atom. The second-order valence-corrected chi connectivity index (χ2v) is 5.89. The standard InChI is InChI=1S/C18H26N2/c1-4-16-5-7-17(8-6-16)13-20-10-9-18(14-20)12-19-11-15(2)3/h5-10,14-15,19H,4,11-13H2,1-3H3. The van der Waals surface area contributed by atoms with Gasteiger partial charge in [0.2, 0.25) is 0 Å². The molecule has 1 aromatic carbocycles. The molecule has 2 aromatic rings. The fourth-order valence-corrected chi connectivity index (χ4v) is 2.29. The molecule has 0 aliphatic carbocycles. The molecule has 0 spiro atoms. The summed E-state index contributed by atoms with van der Waals surface area (Å²) in [6, 6.07) is 11.1. The van der Waals surface area contributed by atoms with Gasteiger partial charge in [0.15, 0.2) is 0 Å². The van der Waals surface area contributed by atoms with Crippen LogP contribution in [0.15, 0.2) is 42.7 Å². The van der Waals surface area contributed by atoms with E-state index in [-0.39, 0.29) is 0 Å². The summed E-state index contributed by atoms with van der Waals surface area (Å²) in [5.41, 5.74) is 4.12. The first-order chi connectivity index (χ1) is 9.67. The van der Waals surface area contributed by atoms with Gasteiger partial charge in [-0.1, -0.05) is 45.0 Å². The van der Waals surface area contributed by atoms with Crippen LogP contribution in [0.25, 0.3) is 0 Å². The van der Waals surface area contributed by atoms with Gasteiger partial charge in [0, 0.05) is 25.5 Å². The van der Waals surface area contributed by atoms with Crippen LogP contribution >= 0.6 is 0 Å². The van der Waals surface area contributed by atoms with Crippen molar-refractivity contribution in [1.82, 2.24) is 9.88 Å². The third-order valence-corrected chi connectivity index (χ3v) is 3.49. The molecule has 0 fully saturated rings. The molecule has 2 heteroatoms. The fourth-order valence-electron chi connectivity index (χ4n) is 2.29. The van der Waals surface area contributed by atoms with Gasteiger partial charge in [-0.2, -0.15) is 0 Å².